The summed E-state index contributed by atoms with van der Waals surface area (Å²) in [7, 11) is 1.49. The van der Waals surface area contributed by atoms with E-state index in [1.807, 2.05) is 13.8 Å². The minimum Gasteiger partial charge on any atom is -0.505 e. The fourth-order valence-corrected chi connectivity index (χ4v) is 8.07. The number of piperidine rings is 1. The van der Waals surface area contributed by atoms with Crippen LogP contribution in [0.1, 0.15) is 82.6 Å². The zero-order chi connectivity index (χ0) is 43.7. The Bertz CT molecular complexity index is 2540. The molecule has 324 valence electrons. The van der Waals surface area contributed by atoms with Gasteiger partial charge in [-0.3, -0.25) is 19.2 Å². The molecule has 0 aliphatic carbocycles. The molecule has 1 amide bonds. The SMILES string of the molecule is CO[C@H]1/C=C/O[C@@]2(C)Oc3c(C)c(=O)c4c(O)c(c5oc6cc(OC7CCNCC7)ccc6nc5c4c3C2=O)NC(=O)/C(C)=C\C=C\[C@H](C)[C@H](O)CC[C@@H](C)[C@H](OC(C)=O)C1. The van der Waals surface area contributed by atoms with Crippen LogP contribution >= 0.6 is 0 Å². The maximum Gasteiger partial charge on any atom is 0.312 e. The maximum absolute atomic E-state index is 14.6. The Balaban J connectivity index is 1.40. The van der Waals surface area contributed by atoms with E-state index in [1.54, 1.807) is 49.4 Å². The van der Waals surface area contributed by atoms with Crippen molar-refractivity contribution in [2.24, 2.45) is 11.8 Å². The van der Waals surface area contributed by atoms with Crippen LogP contribution in [0.2, 0.25) is 0 Å². The summed E-state index contributed by atoms with van der Waals surface area (Å²) in [4.78, 5) is 59.8. The summed E-state index contributed by atoms with van der Waals surface area (Å²) < 4.78 is 36.4. The van der Waals surface area contributed by atoms with E-state index in [0.29, 0.717) is 24.1 Å². The van der Waals surface area contributed by atoms with E-state index in [-0.39, 0.29) is 80.0 Å². The average Bonchev–Trinajstić information content (AvgIpc) is 3.50. The molecular weight excluding hydrogens is 787 g/mol. The molecule has 0 unspecified atom stereocenters. The number of amides is 1. The monoisotopic (exact) mass is 839 g/mol. The van der Waals surface area contributed by atoms with E-state index in [4.69, 9.17) is 33.1 Å². The summed E-state index contributed by atoms with van der Waals surface area (Å²) in [5.41, 5.74) is -0.186. The van der Waals surface area contributed by atoms with Crippen molar-refractivity contribution in [3.8, 4) is 17.2 Å². The summed E-state index contributed by atoms with van der Waals surface area (Å²) in [5, 5.41) is 28.9. The molecule has 0 saturated carbocycles. The molecule has 4 bridgehead atoms. The number of aliphatic hydroxyl groups is 1. The average molecular weight is 840 g/mol. The molecule has 3 aromatic carbocycles. The Morgan fingerprint density at radius 1 is 1.03 bits per heavy atom. The van der Waals surface area contributed by atoms with Gasteiger partial charge in [-0.2, -0.15) is 0 Å². The second-order valence-corrected chi connectivity index (χ2v) is 16.4. The summed E-state index contributed by atoms with van der Waals surface area (Å²) in [6.45, 7) is 11.2. The van der Waals surface area contributed by atoms with E-state index in [0.717, 1.165) is 25.9 Å². The van der Waals surface area contributed by atoms with E-state index in [1.165, 1.54) is 34.1 Å². The van der Waals surface area contributed by atoms with Crippen molar-refractivity contribution in [3.05, 3.63) is 75.7 Å². The highest BCUT2D eigenvalue weighted by molar-refractivity contribution is 6.26. The van der Waals surface area contributed by atoms with E-state index < -0.39 is 52.9 Å². The van der Waals surface area contributed by atoms with Crippen LogP contribution in [0.3, 0.4) is 0 Å². The number of aromatic hydroxyl groups is 1. The number of carbonyl (C=O) groups excluding carboxylic acids is 3. The molecule has 3 aliphatic heterocycles. The van der Waals surface area contributed by atoms with Gasteiger partial charge in [-0.15, -0.1) is 0 Å². The van der Waals surface area contributed by atoms with Gasteiger partial charge in [-0.25, -0.2) is 4.98 Å². The molecule has 15 nitrogen and oxygen atoms in total. The van der Waals surface area contributed by atoms with Gasteiger partial charge in [0.15, 0.2) is 22.3 Å². The molecule has 4 aromatic rings. The largest absolute Gasteiger partial charge is 0.505 e. The van der Waals surface area contributed by atoms with Gasteiger partial charge in [0.05, 0.1) is 29.4 Å². The summed E-state index contributed by atoms with van der Waals surface area (Å²) in [5.74, 6) is -4.36. The Labute approximate surface area is 352 Å². The first-order valence-corrected chi connectivity index (χ1v) is 20.7. The molecule has 1 saturated heterocycles. The van der Waals surface area contributed by atoms with Gasteiger partial charge in [0, 0.05) is 55.9 Å². The molecule has 0 radical (unpaired) electrons. The number of carbonyl (C=O) groups is 3. The van der Waals surface area contributed by atoms with Crippen LogP contribution in [-0.4, -0.2) is 83.3 Å². The molecule has 1 fully saturated rings. The fraction of sp³-hybridized carbons (Fsp3) is 0.457. The van der Waals surface area contributed by atoms with Crippen molar-refractivity contribution in [1.82, 2.24) is 10.3 Å². The summed E-state index contributed by atoms with van der Waals surface area (Å²) >= 11 is 0. The number of ketones is 1. The lowest BCUT2D eigenvalue weighted by atomic mass is 9.90. The van der Waals surface area contributed by atoms with E-state index in [2.05, 4.69) is 10.6 Å². The number of ether oxygens (including phenoxy) is 5. The third kappa shape index (κ3) is 8.72. The smallest absolute Gasteiger partial charge is 0.312 e. The molecular formula is C46H53N3O12. The van der Waals surface area contributed by atoms with Crippen molar-refractivity contribution in [2.45, 2.75) is 104 Å². The predicted octanol–water partition coefficient (Wildman–Crippen LogP) is 6.67. The van der Waals surface area contributed by atoms with Gasteiger partial charge < -0.3 is 48.9 Å². The molecule has 4 heterocycles. The second-order valence-electron chi connectivity index (χ2n) is 16.4. The number of fused-ring (bicyclic) bond motifs is 2. The van der Waals surface area contributed by atoms with Gasteiger partial charge in [-0.1, -0.05) is 32.1 Å². The van der Waals surface area contributed by atoms with Crippen LogP contribution < -0.4 is 25.5 Å². The van der Waals surface area contributed by atoms with Crippen molar-refractivity contribution >= 4 is 56.3 Å². The number of nitrogens with zero attached hydrogens (tertiary/aromatic N) is 1. The molecule has 7 rings (SSSR count). The number of anilines is 1. The van der Waals surface area contributed by atoms with Crippen LogP contribution in [0, 0.1) is 18.8 Å². The zero-order valence-electron chi connectivity index (χ0n) is 35.5. The first-order chi connectivity index (χ1) is 29.1. The third-order valence-corrected chi connectivity index (χ3v) is 11.9. The quantitative estimate of drug-likeness (QED) is 0.0734. The second kappa shape index (κ2) is 17.7. The highest BCUT2D eigenvalue weighted by Gasteiger charge is 2.49. The van der Waals surface area contributed by atoms with E-state index >= 15 is 0 Å². The lowest BCUT2D eigenvalue weighted by molar-refractivity contribution is -0.150. The Morgan fingerprint density at radius 2 is 1.79 bits per heavy atom. The van der Waals surface area contributed by atoms with Gasteiger partial charge in [0.25, 0.3) is 11.7 Å². The zero-order valence-corrected chi connectivity index (χ0v) is 35.5. The number of aliphatic hydroxyl groups excluding tert-OH is 1. The third-order valence-electron chi connectivity index (χ3n) is 11.9. The number of Topliss-reactive ketones (excluding diaryl/α,β-unsaturated/α-hetero) is 1. The highest BCUT2D eigenvalue weighted by atomic mass is 16.7. The van der Waals surface area contributed by atoms with E-state index in [9.17, 15) is 29.4 Å². The highest BCUT2D eigenvalue weighted by Crippen LogP contribution is 2.48. The topological polar surface area (TPSA) is 205 Å². The van der Waals surface area contributed by atoms with Gasteiger partial charge in [0.2, 0.25) is 0 Å². The molecule has 0 spiro atoms. The lowest BCUT2D eigenvalue weighted by Crippen LogP contribution is -2.38. The minimum absolute atomic E-state index is 0.0107. The standard InChI is InChI=1S/C46H53N3O12/c1-23-9-8-10-25(3)45(55)49-39-41(53)36-35(38-43(39)60-34-22-30(12-13-31(34)48-38)59-28-15-18-47-19-16-28)37-42(26(4)40(36)52)61-46(6,44(37)54)57-20-17-29(56-7)21-33(58-27(5)50)24(2)11-14-32(23)51/h8-10,12-13,17,20,22-24,28-29,32-33,47,51,53H,11,14-16,18-19,21H2,1-7H3,(H,49,55)/b9-8+,20-17+,25-10-/t23-,24+,29-,32+,33+,46-/m0/s1. The number of allylic oxidation sites excluding steroid dienone is 2. The number of hydrogen-bond donors (Lipinski definition) is 4. The number of phenolic OH excluding ortho intramolecular Hbond substituents is 1. The number of benzene rings is 3. The summed E-state index contributed by atoms with van der Waals surface area (Å²) in [6, 6.07) is 5.13. The van der Waals surface area contributed by atoms with Gasteiger partial charge >= 0.3 is 11.8 Å². The normalized spacial score (nSPS) is 27.6. The number of nitrogens with one attached hydrogen (secondary N) is 2. The predicted molar refractivity (Wildman–Crippen MR) is 228 cm³/mol. The molecule has 15 heteroatoms. The molecule has 1 aromatic heterocycles. The van der Waals surface area contributed by atoms with Crippen LogP contribution in [0.4, 0.5) is 5.69 Å². The van der Waals surface area contributed by atoms with Gasteiger partial charge in [0.1, 0.15) is 40.4 Å². The Hall–Kier alpha value is -5.77. The molecule has 6 atom stereocenters. The fourth-order valence-electron chi connectivity index (χ4n) is 8.07. The Kier molecular flexibility index (Phi) is 12.6. The van der Waals surface area contributed by atoms with Gasteiger partial charge in [-0.05, 0) is 76.7 Å². The number of phenols is 1. The molecule has 61 heavy (non-hydrogen) atoms. The summed E-state index contributed by atoms with van der Waals surface area (Å²) in [6.07, 6.45) is 8.69. The number of rotatable bonds is 4. The van der Waals surface area contributed by atoms with Crippen LogP contribution in [0.5, 0.6) is 17.2 Å². The lowest BCUT2D eigenvalue weighted by Gasteiger charge is -2.27. The number of hydrogen-bond acceptors (Lipinski definition) is 14. The first-order valence-electron chi connectivity index (χ1n) is 20.7. The van der Waals surface area contributed by atoms with Crippen LogP contribution in [0.25, 0.3) is 33.0 Å². The first kappa shape index (κ1) is 43.3. The van der Waals surface area contributed by atoms with Crippen molar-refractivity contribution in [3.63, 3.8) is 0 Å². The molecule has 3 aliphatic rings. The van der Waals surface area contributed by atoms with Crippen molar-refractivity contribution in [2.75, 3.05) is 25.5 Å². The number of esters is 1. The number of aromatic nitrogens is 1. The molecule has 4 N–H and O–H groups in total. The maximum atomic E-state index is 14.6. The van der Waals surface area contributed by atoms with Crippen molar-refractivity contribution in [1.29, 1.82) is 0 Å². The van der Waals surface area contributed by atoms with Crippen LogP contribution in [0.15, 0.2) is 63.6 Å². The number of methoxy groups -OCH3 is 1. The minimum atomic E-state index is -1.98. The Morgan fingerprint density at radius 3 is 2.51 bits per heavy atom. The van der Waals surface area contributed by atoms with Crippen molar-refractivity contribution < 1.29 is 52.7 Å². The van der Waals surface area contributed by atoms with Crippen LogP contribution in [-0.2, 0) is 23.8 Å².